The molecule has 0 aromatic carbocycles. The number of hydrogen-bond acceptors (Lipinski definition) is 6. The molecule has 0 aromatic rings. The molecule has 0 unspecified atom stereocenters. The van der Waals surface area contributed by atoms with E-state index < -0.39 is 36.9 Å². The van der Waals surface area contributed by atoms with E-state index in [4.69, 9.17) is 5.11 Å². The van der Waals surface area contributed by atoms with E-state index in [0.717, 1.165) is 19.3 Å². The standard InChI is InChI=1S/C18H37NO6/c1-3-5-6-7-8-9-10-11-12-19(4-2)18(25)17(24)16(23)15(22)14(21)13-20/h14-17,20-24H,3-13H2,1-2H3/t14-,15-,16+,17-/m1/s1. The number of hydrogen-bond donors (Lipinski definition) is 5. The molecule has 4 atom stereocenters. The molecule has 0 heterocycles. The van der Waals surface area contributed by atoms with Crippen molar-refractivity contribution in [2.24, 2.45) is 0 Å². The number of amides is 1. The molecule has 150 valence electrons. The van der Waals surface area contributed by atoms with Crippen LogP contribution in [0.1, 0.15) is 65.2 Å². The van der Waals surface area contributed by atoms with Crippen LogP contribution in [0.25, 0.3) is 0 Å². The molecule has 0 bridgehead atoms. The molecular weight excluding hydrogens is 326 g/mol. The highest BCUT2D eigenvalue weighted by Crippen LogP contribution is 2.11. The first-order chi connectivity index (χ1) is 11.9. The average molecular weight is 363 g/mol. The second kappa shape index (κ2) is 14.4. The van der Waals surface area contributed by atoms with Crippen LogP contribution >= 0.6 is 0 Å². The maximum Gasteiger partial charge on any atom is 0.254 e. The zero-order chi connectivity index (χ0) is 19.2. The molecule has 0 spiro atoms. The van der Waals surface area contributed by atoms with Crippen LogP contribution in [0.4, 0.5) is 0 Å². The summed E-state index contributed by atoms with van der Waals surface area (Å²) in [6.07, 6.45) is 2.05. The van der Waals surface area contributed by atoms with E-state index in [1.165, 1.54) is 37.0 Å². The van der Waals surface area contributed by atoms with Crippen molar-refractivity contribution in [2.45, 2.75) is 89.6 Å². The highest BCUT2D eigenvalue weighted by Gasteiger charge is 2.35. The van der Waals surface area contributed by atoms with E-state index in [0.29, 0.717) is 13.1 Å². The van der Waals surface area contributed by atoms with Crippen LogP contribution in [0.15, 0.2) is 0 Å². The Labute approximate surface area is 151 Å². The Bertz CT molecular complexity index is 342. The summed E-state index contributed by atoms with van der Waals surface area (Å²) in [6, 6.07) is 0. The molecular formula is C18H37NO6. The van der Waals surface area contributed by atoms with Crippen molar-refractivity contribution in [1.29, 1.82) is 0 Å². The first-order valence-corrected chi connectivity index (χ1v) is 9.52. The zero-order valence-corrected chi connectivity index (χ0v) is 15.7. The normalized spacial score (nSPS) is 16.3. The minimum atomic E-state index is -1.85. The minimum Gasteiger partial charge on any atom is -0.394 e. The molecule has 0 saturated carbocycles. The van der Waals surface area contributed by atoms with Crippen molar-refractivity contribution >= 4 is 5.91 Å². The fraction of sp³-hybridized carbons (Fsp3) is 0.944. The van der Waals surface area contributed by atoms with Gasteiger partial charge in [0.25, 0.3) is 5.91 Å². The lowest BCUT2D eigenvalue weighted by Crippen LogP contribution is -2.52. The molecule has 0 rings (SSSR count). The third-order valence-electron chi connectivity index (χ3n) is 4.48. The summed E-state index contributed by atoms with van der Waals surface area (Å²) in [5.41, 5.74) is 0. The Morgan fingerprint density at radius 1 is 0.840 bits per heavy atom. The van der Waals surface area contributed by atoms with Gasteiger partial charge in [-0.2, -0.15) is 0 Å². The monoisotopic (exact) mass is 363 g/mol. The van der Waals surface area contributed by atoms with Gasteiger partial charge in [0.2, 0.25) is 0 Å². The van der Waals surface area contributed by atoms with E-state index in [1.54, 1.807) is 6.92 Å². The third-order valence-corrected chi connectivity index (χ3v) is 4.48. The molecule has 7 heteroatoms. The Morgan fingerprint density at radius 2 is 1.36 bits per heavy atom. The van der Waals surface area contributed by atoms with Crippen LogP contribution in [-0.4, -0.2) is 80.5 Å². The van der Waals surface area contributed by atoms with Gasteiger partial charge in [-0.15, -0.1) is 0 Å². The van der Waals surface area contributed by atoms with Crippen molar-refractivity contribution in [2.75, 3.05) is 19.7 Å². The topological polar surface area (TPSA) is 121 Å². The summed E-state index contributed by atoms with van der Waals surface area (Å²) < 4.78 is 0. The summed E-state index contributed by atoms with van der Waals surface area (Å²) in [4.78, 5) is 13.7. The first-order valence-electron chi connectivity index (χ1n) is 9.52. The van der Waals surface area contributed by atoms with E-state index in [-0.39, 0.29) is 0 Å². The quantitative estimate of drug-likeness (QED) is 0.269. The number of unbranched alkanes of at least 4 members (excludes halogenated alkanes) is 7. The van der Waals surface area contributed by atoms with Gasteiger partial charge < -0.3 is 30.4 Å². The van der Waals surface area contributed by atoms with Crippen molar-refractivity contribution in [3.05, 3.63) is 0 Å². The Hall–Kier alpha value is -0.730. The Kier molecular flexibility index (Phi) is 14.0. The lowest BCUT2D eigenvalue weighted by Gasteiger charge is -2.29. The summed E-state index contributed by atoms with van der Waals surface area (Å²) >= 11 is 0. The number of carbonyl (C=O) groups excluding carboxylic acids is 1. The maximum atomic E-state index is 12.2. The molecule has 7 nitrogen and oxygen atoms in total. The van der Waals surface area contributed by atoms with Gasteiger partial charge in [-0.1, -0.05) is 51.9 Å². The molecule has 5 N–H and O–H groups in total. The molecule has 0 aliphatic rings. The van der Waals surface area contributed by atoms with Crippen molar-refractivity contribution < 1.29 is 30.3 Å². The van der Waals surface area contributed by atoms with Crippen LogP contribution < -0.4 is 0 Å². The predicted octanol–water partition coefficient (Wildman–Crippen LogP) is 0.411. The third kappa shape index (κ3) is 9.51. The smallest absolute Gasteiger partial charge is 0.254 e. The van der Waals surface area contributed by atoms with Gasteiger partial charge in [0.1, 0.15) is 18.3 Å². The van der Waals surface area contributed by atoms with Gasteiger partial charge in [0, 0.05) is 13.1 Å². The van der Waals surface area contributed by atoms with Crippen molar-refractivity contribution in [3.8, 4) is 0 Å². The van der Waals surface area contributed by atoms with E-state index in [9.17, 15) is 25.2 Å². The molecule has 0 aliphatic carbocycles. The zero-order valence-electron chi connectivity index (χ0n) is 15.7. The van der Waals surface area contributed by atoms with Crippen LogP contribution in [0.5, 0.6) is 0 Å². The van der Waals surface area contributed by atoms with Crippen LogP contribution in [0.3, 0.4) is 0 Å². The SMILES string of the molecule is CCCCCCCCCCN(CC)C(=O)[C@H](O)[C@@H](O)[C@H](O)[C@H](O)CO. The van der Waals surface area contributed by atoms with Gasteiger partial charge in [-0.3, -0.25) is 4.79 Å². The van der Waals surface area contributed by atoms with Gasteiger partial charge >= 0.3 is 0 Å². The van der Waals surface area contributed by atoms with Gasteiger partial charge in [0.05, 0.1) is 6.61 Å². The van der Waals surface area contributed by atoms with Gasteiger partial charge in [0.15, 0.2) is 6.10 Å². The predicted molar refractivity (Wildman–Crippen MR) is 96.0 cm³/mol. The lowest BCUT2D eigenvalue weighted by molar-refractivity contribution is -0.158. The van der Waals surface area contributed by atoms with Crippen LogP contribution in [0.2, 0.25) is 0 Å². The largest absolute Gasteiger partial charge is 0.394 e. The number of nitrogens with zero attached hydrogens (tertiary/aromatic N) is 1. The van der Waals surface area contributed by atoms with Crippen LogP contribution in [0, 0.1) is 0 Å². The highest BCUT2D eigenvalue weighted by molar-refractivity contribution is 5.81. The number of carbonyl (C=O) groups is 1. The fourth-order valence-electron chi connectivity index (χ4n) is 2.72. The molecule has 1 amide bonds. The minimum absolute atomic E-state index is 0.387. The second-order valence-corrected chi connectivity index (χ2v) is 6.57. The van der Waals surface area contributed by atoms with Crippen molar-refractivity contribution in [3.63, 3.8) is 0 Å². The number of likely N-dealkylation sites (N-methyl/N-ethyl adjacent to an activating group) is 1. The highest BCUT2D eigenvalue weighted by atomic mass is 16.4. The summed E-state index contributed by atoms with van der Waals surface area (Å²) in [6.45, 7) is 4.06. The van der Waals surface area contributed by atoms with E-state index in [1.807, 2.05) is 0 Å². The van der Waals surface area contributed by atoms with Gasteiger partial charge in [-0.05, 0) is 13.3 Å². The average Bonchev–Trinajstić information content (AvgIpc) is 2.63. The molecule has 0 aromatic heterocycles. The summed E-state index contributed by atoms with van der Waals surface area (Å²) in [5.74, 6) is -0.679. The van der Waals surface area contributed by atoms with Crippen molar-refractivity contribution in [1.82, 2.24) is 4.90 Å². The Morgan fingerprint density at radius 3 is 1.84 bits per heavy atom. The molecule has 25 heavy (non-hydrogen) atoms. The molecule has 0 radical (unpaired) electrons. The summed E-state index contributed by atoms with van der Waals surface area (Å²) in [5, 5.41) is 47.4. The molecule has 0 aliphatic heterocycles. The molecule has 0 saturated heterocycles. The second-order valence-electron chi connectivity index (χ2n) is 6.57. The first kappa shape index (κ1) is 24.3. The van der Waals surface area contributed by atoms with Gasteiger partial charge in [-0.25, -0.2) is 0 Å². The number of rotatable bonds is 15. The maximum absolute atomic E-state index is 12.2. The number of aliphatic hydroxyl groups excluding tert-OH is 5. The fourth-order valence-corrected chi connectivity index (χ4v) is 2.72. The Balaban J connectivity index is 4.19. The molecule has 0 fully saturated rings. The number of aliphatic hydroxyl groups is 5. The van der Waals surface area contributed by atoms with Crippen LogP contribution in [-0.2, 0) is 4.79 Å². The summed E-state index contributed by atoms with van der Waals surface area (Å²) in [7, 11) is 0. The lowest BCUT2D eigenvalue weighted by atomic mass is 10.0. The van der Waals surface area contributed by atoms with E-state index >= 15 is 0 Å². The van der Waals surface area contributed by atoms with E-state index in [2.05, 4.69) is 6.92 Å².